The second-order valence-corrected chi connectivity index (χ2v) is 8.41. The maximum absolute atomic E-state index is 12.7. The number of nitrogens with zero attached hydrogens (tertiary/aromatic N) is 4. The number of rotatable bonds is 3. The van der Waals surface area contributed by atoms with E-state index in [1.54, 1.807) is 23.1 Å². The zero-order valence-electron chi connectivity index (χ0n) is 15.2. The van der Waals surface area contributed by atoms with Gasteiger partial charge in [0.15, 0.2) is 0 Å². The highest BCUT2D eigenvalue weighted by atomic mass is 32.2. The largest absolute Gasteiger partial charge is 0.379 e. The lowest BCUT2D eigenvalue weighted by atomic mass is 10.1. The van der Waals surface area contributed by atoms with Crippen LogP contribution < -0.4 is 5.32 Å². The Bertz CT molecular complexity index is 837. The van der Waals surface area contributed by atoms with Crippen LogP contribution in [-0.2, 0) is 14.9 Å². The van der Waals surface area contributed by atoms with Crippen molar-refractivity contribution in [2.24, 2.45) is 0 Å². The van der Waals surface area contributed by atoms with E-state index in [4.69, 9.17) is 10.00 Å². The van der Waals surface area contributed by atoms with Crippen LogP contribution in [0.1, 0.15) is 11.1 Å². The summed E-state index contributed by atoms with van der Waals surface area (Å²) in [5.41, 5.74) is 1.91. The molecule has 2 amide bonds. The fourth-order valence-electron chi connectivity index (χ4n) is 3.08. The summed E-state index contributed by atoms with van der Waals surface area (Å²) in [4.78, 5) is 14.1. The minimum Gasteiger partial charge on any atom is -0.379 e. The quantitative estimate of drug-likeness (QED) is 0.809. The molecule has 0 spiro atoms. The first-order valence-corrected chi connectivity index (χ1v) is 10.2. The molecule has 1 N–H and O–H groups in total. The number of morpholine rings is 1. The zero-order chi connectivity index (χ0) is 19.4. The molecule has 9 nitrogen and oxygen atoms in total. The summed E-state index contributed by atoms with van der Waals surface area (Å²) in [5, 5.41) is 11.8. The average Bonchev–Trinajstić information content (AvgIpc) is 2.70. The molecular weight excluding hydrogens is 370 g/mol. The molecule has 0 saturated carbocycles. The molecule has 1 aromatic carbocycles. The third kappa shape index (κ3) is 4.39. The van der Waals surface area contributed by atoms with E-state index in [1.165, 1.54) is 8.61 Å². The highest BCUT2D eigenvalue weighted by Crippen LogP contribution is 2.18. The predicted molar refractivity (Wildman–Crippen MR) is 99.4 cm³/mol. The summed E-state index contributed by atoms with van der Waals surface area (Å²) in [6, 6.07) is 6.86. The van der Waals surface area contributed by atoms with E-state index < -0.39 is 10.2 Å². The van der Waals surface area contributed by atoms with E-state index in [0.717, 1.165) is 5.56 Å². The van der Waals surface area contributed by atoms with Crippen molar-refractivity contribution in [3.8, 4) is 6.07 Å². The van der Waals surface area contributed by atoms with E-state index in [0.29, 0.717) is 50.6 Å². The molecule has 2 aliphatic rings. The number of ether oxygens (including phenoxy) is 1. The van der Waals surface area contributed by atoms with Gasteiger partial charge >= 0.3 is 6.03 Å². The van der Waals surface area contributed by atoms with Gasteiger partial charge in [-0.05, 0) is 24.6 Å². The summed E-state index contributed by atoms with van der Waals surface area (Å²) < 4.78 is 33.4. The molecule has 146 valence electrons. The van der Waals surface area contributed by atoms with Crippen molar-refractivity contribution in [2.45, 2.75) is 6.92 Å². The van der Waals surface area contributed by atoms with Crippen LogP contribution >= 0.6 is 0 Å². The second kappa shape index (κ2) is 8.22. The number of urea groups is 1. The Kier molecular flexibility index (Phi) is 5.96. The summed E-state index contributed by atoms with van der Waals surface area (Å²) in [6.45, 7) is 4.51. The summed E-state index contributed by atoms with van der Waals surface area (Å²) >= 11 is 0. The van der Waals surface area contributed by atoms with Gasteiger partial charge < -0.3 is 15.0 Å². The van der Waals surface area contributed by atoms with Gasteiger partial charge in [-0.3, -0.25) is 0 Å². The maximum Gasteiger partial charge on any atom is 0.321 e. The van der Waals surface area contributed by atoms with Gasteiger partial charge in [0.1, 0.15) is 0 Å². The highest BCUT2D eigenvalue weighted by molar-refractivity contribution is 7.86. The molecule has 10 heteroatoms. The SMILES string of the molecule is Cc1ccc(C#N)cc1NC(=O)N1CCN(S(=O)(=O)N2CCOCC2)CC1. The number of aryl methyl sites for hydroxylation is 1. The van der Waals surface area contributed by atoms with Crippen molar-refractivity contribution < 1.29 is 17.9 Å². The third-order valence-corrected chi connectivity index (χ3v) is 6.79. The molecule has 0 aromatic heterocycles. The van der Waals surface area contributed by atoms with Crippen molar-refractivity contribution in [1.82, 2.24) is 13.5 Å². The highest BCUT2D eigenvalue weighted by Gasteiger charge is 2.34. The van der Waals surface area contributed by atoms with E-state index in [9.17, 15) is 13.2 Å². The molecule has 1 aromatic rings. The minimum atomic E-state index is -3.52. The van der Waals surface area contributed by atoms with Gasteiger partial charge in [0.25, 0.3) is 10.2 Å². The number of anilines is 1. The first kappa shape index (κ1) is 19.6. The van der Waals surface area contributed by atoms with Gasteiger partial charge in [0.05, 0.1) is 24.8 Å². The first-order chi connectivity index (χ1) is 12.9. The molecule has 0 radical (unpaired) electrons. The standard InChI is InChI=1S/C17H23N5O4S/c1-14-2-3-15(13-18)12-16(14)19-17(23)20-4-6-21(7-5-20)27(24,25)22-8-10-26-11-9-22/h2-3,12H,4-11H2,1H3,(H,19,23). The Hall–Kier alpha value is -2.19. The average molecular weight is 393 g/mol. The van der Waals surface area contributed by atoms with E-state index in [-0.39, 0.29) is 19.1 Å². The predicted octanol–water partition coefficient (Wildman–Crippen LogP) is 0.593. The summed E-state index contributed by atoms with van der Waals surface area (Å²) in [5.74, 6) is 0. The van der Waals surface area contributed by atoms with Gasteiger partial charge in [0.2, 0.25) is 0 Å². The lowest BCUT2D eigenvalue weighted by molar-refractivity contribution is 0.0691. The van der Waals surface area contributed by atoms with Crippen LogP contribution in [0.5, 0.6) is 0 Å². The Labute approximate surface area is 159 Å². The topological polar surface area (TPSA) is 106 Å². The monoisotopic (exact) mass is 393 g/mol. The van der Waals surface area contributed by atoms with Gasteiger partial charge in [-0.15, -0.1) is 0 Å². The lowest BCUT2D eigenvalue weighted by Crippen LogP contribution is -2.56. The Morgan fingerprint density at radius 3 is 2.37 bits per heavy atom. The maximum atomic E-state index is 12.7. The third-order valence-electron chi connectivity index (χ3n) is 4.76. The van der Waals surface area contributed by atoms with Gasteiger partial charge in [-0.25, -0.2) is 4.79 Å². The van der Waals surface area contributed by atoms with Gasteiger partial charge in [0, 0.05) is 45.0 Å². The molecule has 2 saturated heterocycles. The van der Waals surface area contributed by atoms with Gasteiger partial charge in [-0.1, -0.05) is 6.07 Å². The minimum absolute atomic E-state index is 0.254. The number of nitriles is 1. The molecule has 2 heterocycles. The number of carbonyl (C=O) groups excluding carboxylic acids is 1. The van der Waals surface area contributed by atoms with Crippen LogP contribution in [0.15, 0.2) is 18.2 Å². The molecule has 2 fully saturated rings. The number of nitrogens with one attached hydrogen (secondary N) is 1. The van der Waals surface area contributed by atoms with Crippen LogP contribution in [-0.4, -0.2) is 80.4 Å². The van der Waals surface area contributed by atoms with Gasteiger partial charge in [-0.2, -0.15) is 22.3 Å². The number of hydrogen-bond acceptors (Lipinski definition) is 5. The molecule has 0 bridgehead atoms. The Morgan fingerprint density at radius 2 is 1.74 bits per heavy atom. The fourth-order valence-corrected chi connectivity index (χ4v) is 4.64. The molecule has 0 unspecified atom stereocenters. The fraction of sp³-hybridized carbons (Fsp3) is 0.529. The number of amides is 2. The van der Waals surface area contributed by atoms with Crippen molar-refractivity contribution in [2.75, 3.05) is 57.8 Å². The zero-order valence-corrected chi connectivity index (χ0v) is 16.0. The number of hydrogen-bond donors (Lipinski definition) is 1. The van der Waals surface area contributed by atoms with Crippen LogP contribution in [0.3, 0.4) is 0 Å². The van der Waals surface area contributed by atoms with E-state index in [2.05, 4.69) is 5.32 Å². The number of benzene rings is 1. The molecule has 2 aliphatic heterocycles. The lowest BCUT2D eigenvalue weighted by Gasteiger charge is -2.37. The molecule has 0 aliphatic carbocycles. The van der Waals surface area contributed by atoms with Crippen LogP contribution in [0, 0.1) is 18.3 Å². The normalized spacial score (nSPS) is 19.5. The molecular formula is C17H23N5O4S. The Morgan fingerprint density at radius 1 is 1.11 bits per heavy atom. The molecule has 0 atom stereocenters. The Balaban J connectivity index is 1.59. The molecule has 3 rings (SSSR count). The van der Waals surface area contributed by atoms with Crippen molar-refractivity contribution in [3.63, 3.8) is 0 Å². The van der Waals surface area contributed by atoms with E-state index >= 15 is 0 Å². The van der Waals surface area contributed by atoms with E-state index in [1.807, 2.05) is 13.0 Å². The van der Waals surface area contributed by atoms with Crippen LogP contribution in [0.25, 0.3) is 0 Å². The van der Waals surface area contributed by atoms with Crippen molar-refractivity contribution >= 4 is 21.9 Å². The van der Waals surface area contributed by atoms with Crippen molar-refractivity contribution in [1.29, 1.82) is 5.26 Å². The molecule has 27 heavy (non-hydrogen) atoms. The number of piperazine rings is 1. The number of carbonyl (C=O) groups is 1. The second-order valence-electron chi connectivity index (χ2n) is 6.48. The first-order valence-electron chi connectivity index (χ1n) is 8.81. The summed E-state index contributed by atoms with van der Waals surface area (Å²) in [7, 11) is -3.52. The van der Waals surface area contributed by atoms with Crippen LogP contribution in [0.4, 0.5) is 10.5 Å². The smallest absolute Gasteiger partial charge is 0.321 e. The van der Waals surface area contributed by atoms with Crippen LogP contribution in [0.2, 0.25) is 0 Å². The summed E-state index contributed by atoms with van der Waals surface area (Å²) in [6.07, 6.45) is 0. The van der Waals surface area contributed by atoms with Crippen molar-refractivity contribution in [3.05, 3.63) is 29.3 Å².